The van der Waals surface area contributed by atoms with E-state index in [1.807, 2.05) is 6.07 Å². The molecule has 2 aromatic rings. The number of anilines is 1. The molecular weight excluding hydrogens is 334 g/mol. The van der Waals surface area contributed by atoms with E-state index >= 15 is 0 Å². The minimum atomic E-state index is -4.13. The summed E-state index contributed by atoms with van der Waals surface area (Å²) in [7, 11) is -4.13. The number of aryl methyl sites for hydroxylation is 1. The van der Waals surface area contributed by atoms with E-state index in [-0.39, 0.29) is 22.8 Å². The van der Waals surface area contributed by atoms with Crippen LogP contribution in [0.3, 0.4) is 0 Å². The summed E-state index contributed by atoms with van der Waals surface area (Å²) in [5, 5.41) is 19.5. The van der Waals surface area contributed by atoms with Crippen LogP contribution in [0.2, 0.25) is 0 Å². The summed E-state index contributed by atoms with van der Waals surface area (Å²) in [4.78, 5) is 9.98. The molecule has 9 heteroatoms. The highest BCUT2D eigenvalue weighted by atomic mass is 32.2. The van der Waals surface area contributed by atoms with Gasteiger partial charge in [0.25, 0.3) is 15.7 Å². The van der Waals surface area contributed by atoms with Gasteiger partial charge in [0.2, 0.25) is 0 Å². The molecule has 0 aliphatic heterocycles. The summed E-state index contributed by atoms with van der Waals surface area (Å²) in [6.45, 7) is 1.36. The summed E-state index contributed by atoms with van der Waals surface area (Å²) in [5.74, 6) is 0.404. The van der Waals surface area contributed by atoms with Crippen LogP contribution < -0.4 is 9.46 Å². The molecule has 0 spiro atoms. The van der Waals surface area contributed by atoms with Gasteiger partial charge >= 0.3 is 0 Å². The third kappa shape index (κ3) is 3.80. The second kappa shape index (κ2) is 6.97. The second-order valence-electron chi connectivity index (χ2n) is 4.76. The number of hydrogen-bond donors (Lipinski definition) is 1. The maximum Gasteiger partial charge on any atom is 0.290 e. The molecular formula is C15H13N3O5S. The highest BCUT2D eigenvalue weighted by Crippen LogP contribution is 2.29. The van der Waals surface area contributed by atoms with Crippen LogP contribution in [-0.2, 0) is 10.0 Å². The van der Waals surface area contributed by atoms with Gasteiger partial charge in [-0.25, -0.2) is 8.42 Å². The summed E-state index contributed by atoms with van der Waals surface area (Å²) in [6, 6.07) is 11.7. The smallest absolute Gasteiger partial charge is 0.290 e. The lowest BCUT2D eigenvalue weighted by atomic mass is 10.2. The zero-order valence-corrected chi connectivity index (χ0v) is 13.4. The first-order chi connectivity index (χ1) is 11.3. The normalized spacial score (nSPS) is 10.7. The van der Waals surface area contributed by atoms with Gasteiger partial charge in [-0.05, 0) is 36.8 Å². The van der Waals surface area contributed by atoms with Gasteiger partial charge in [0.05, 0.1) is 4.92 Å². The molecule has 124 valence electrons. The average molecular weight is 347 g/mol. The van der Waals surface area contributed by atoms with Gasteiger partial charge in [-0.2, -0.15) is 5.26 Å². The fraction of sp³-hybridized carbons (Fsp3) is 0.133. The first-order valence-electron chi connectivity index (χ1n) is 6.72. The lowest BCUT2D eigenvalue weighted by Gasteiger charge is -2.11. The molecule has 0 saturated heterocycles. The van der Waals surface area contributed by atoms with Crippen molar-refractivity contribution in [1.29, 1.82) is 5.26 Å². The minimum Gasteiger partial charge on any atom is -0.479 e. The van der Waals surface area contributed by atoms with E-state index in [2.05, 4.69) is 4.72 Å². The predicted octanol–water partition coefficient (Wildman–Crippen LogP) is 2.61. The molecule has 24 heavy (non-hydrogen) atoms. The van der Waals surface area contributed by atoms with Crippen molar-refractivity contribution in [2.45, 2.75) is 11.8 Å². The Morgan fingerprint density at radius 1 is 1.25 bits per heavy atom. The van der Waals surface area contributed by atoms with Crippen LogP contribution in [0.5, 0.6) is 5.75 Å². The molecule has 0 aromatic heterocycles. The highest BCUT2D eigenvalue weighted by Gasteiger charge is 2.27. The lowest BCUT2D eigenvalue weighted by molar-refractivity contribution is -0.387. The molecule has 0 radical (unpaired) electrons. The van der Waals surface area contributed by atoms with Gasteiger partial charge in [0.1, 0.15) is 11.8 Å². The van der Waals surface area contributed by atoms with Crippen LogP contribution in [-0.4, -0.2) is 19.9 Å². The number of ether oxygens (including phenoxy) is 1. The summed E-state index contributed by atoms with van der Waals surface area (Å²) in [6.07, 6.45) is 0. The Morgan fingerprint density at radius 3 is 2.50 bits per heavy atom. The van der Waals surface area contributed by atoms with Crippen molar-refractivity contribution in [3.05, 3.63) is 58.1 Å². The molecule has 0 unspecified atom stereocenters. The van der Waals surface area contributed by atoms with Crippen molar-refractivity contribution in [1.82, 2.24) is 0 Å². The largest absolute Gasteiger partial charge is 0.479 e. The molecule has 0 saturated carbocycles. The average Bonchev–Trinajstić information content (AvgIpc) is 2.53. The molecule has 0 amide bonds. The number of rotatable bonds is 6. The molecule has 0 aliphatic carbocycles. The van der Waals surface area contributed by atoms with Crippen LogP contribution in [0.1, 0.15) is 5.56 Å². The van der Waals surface area contributed by atoms with Crippen LogP contribution in [0.4, 0.5) is 11.4 Å². The van der Waals surface area contributed by atoms with E-state index in [0.29, 0.717) is 5.75 Å². The van der Waals surface area contributed by atoms with Crippen LogP contribution >= 0.6 is 0 Å². The Balaban J connectivity index is 2.33. The zero-order chi connectivity index (χ0) is 17.7. The number of nitro groups is 1. The van der Waals surface area contributed by atoms with Crippen LogP contribution in [0.15, 0.2) is 47.4 Å². The highest BCUT2D eigenvalue weighted by molar-refractivity contribution is 7.93. The van der Waals surface area contributed by atoms with Crippen molar-refractivity contribution in [3.63, 3.8) is 0 Å². The third-order valence-corrected chi connectivity index (χ3v) is 4.64. The quantitative estimate of drug-likeness (QED) is 0.633. The Labute approximate surface area is 138 Å². The number of sulfonamides is 1. The van der Waals surface area contributed by atoms with Crippen molar-refractivity contribution in [2.75, 3.05) is 11.3 Å². The molecule has 2 aromatic carbocycles. The fourth-order valence-corrected chi connectivity index (χ4v) is 3.53. The van der Waals surface area contributed by atoms with E-state index in [4.69, 9.17) is 10.00 Å². The first kappa shape index (κ1) is 17.2. The maximum atomic E-state index is 12.5. The van der Waals surface area contributed by atoms with Gasteiger partial charge in [-0.1, -0.05) is 12.1 Å². The fourth-order valence-electron chi connectivity index (χ4n) is 2.07. The van der Waals surface area contributed by atoms with Crippen molar-refractivity contribution >= 4 is 21.4 Å². The molecule has 0 bridgehead atoms. The Kier molecular flexibility index (Phi) is 5.01. The number of nitro benzene ring substituents is 1. The van der Waals surface area contributed by atoms with E-state index in [1.165, 1.54) is 43.3 Å². The van der Waals surface area contributed by atoms with E-state index in [9.17, 15) is 18.5 Å². The lowest BCUT2D eigenvalue weighted by Crippen LogP contribution is -2.16. The molecule has 2 rings (SSSR count). The molecule has 0 fully saturated rings. The Bertz CT molecular complexity index is 902. The van der Waals surface area contributed by atoms with E-state index in [0.717, 1.165) is 6.07 Å². The van der Waals surface area contributed by atoms with Gasteiger partial charge in [-0.3, -0.25) is 14.8 Å². The molecule has 1 N–H and O–H groups in total. The zero-order valence-electron chi connectivity index (χ0n) is 12.6. The van der Waals surface area contributed by atoms with Gasteiger partial charge in [-0.15, -0.1) is 0 Å². The number of nitrogens with one attached hydrogen (secondary N) is 1. The van der Waals surface area contributed by atoms with Crippen molar-refractivity contribution < 1.29 is 18.1 Å². The van der Waals surface area contributed by atoms with Gasteiger partial charge in [0, 0.05) is 11.8 Å². The molecule has 8 nitrogen and oxygen atoms in total. The monoisotopic (exact) mass is 347 g/mol. The second-order valence-corrected chi connectivity index (χ2v) is 6.38. The van der Waals surface area contributed by atoms with E-state index in [1.54, 1.807) is 0 Å². The number of nitriles is 1. The molecule has 0 atom stereocenters. The first-order valence-corrected chi connectivity index (χ1v) is 8.20. The minimum absolute atomic E-state index is 0.125. The SMILES string of the molecule is Cc1cccc([N+](=O)[O-])c1S(=O)(=O)Nc1ccc(OCC#N)cc1. The van der Waals surface area contributed by atoms with Crippen molar-refractivity contribution in [3.8, 4) is 11.8 Å². The van der Waals surface area contributed by atoms with Crippen LogP contribution in [0.25, 0.3) is 0 Å². The third-order valence-electron chi connectivity index (χ3n) is 3.07. The van der Waals surface area contributed by atoms with E-state index < -0.39 is 20.6 Å². The summed E-state index contributed by atoms with van der Waals surface area (Å²) >= 11 is 0. The molecule has 0 aliphatic rings. The topological polar surface area (TPSA) is 122 Å². The summed E-state index contributed by atoms with van der Waals surface area (Å²) < 4.78 is 32.4. The Morgan fingerprint density at radius 2 is 1.92 bits per heavy atom. The number of nitrogens with zero attached hydrogens (tertiary/aromatic N) is 2. The number of benzene rings is 2. The Hall–Kier alpha value is -3.12. The van der Waals surface area contributed by atoms with Crippen LogP contribution in [0, 0.1) is 28.4 Å². The predicted molar refractivity (Wildman–Crippen MR) is 86.2 cm³/mol. The van der Waals surface area contributed by atoms with Gasteiger partial charge < -0.3 is 4.74 Å². The van der Waals surface area contributed by atoms with Gasteiger partial charge in [0.15, 0.2) is 11.5 Å². The molecule has 0 heterocycles. The maximum absolute atomic E-state index is 12.5. The standard InChI is InChI=1S/C15H13N3O5S/c1-11-3-2-4-14(18(19)20)15(11)24(21,22)17-12-5-7-13(8-6-12)23-10-9-16/h2-8,17H,10H2,1H3. The number of hydrogen-bond acceptors (Lipinski definition) is 6. The summed E-state index contributed by atoms with van der Waals surface area (Å²) in [5.41, 5.74) is -0.000920. The van der Waals surface area contributed by atoms with Crippen molar-refractivity contribution in [2.24, 2.45) is 0 Å².